The molecule has 0 aromatic rings. The van der Waals surface area contributed by atoms with Gasteiger partial charge in [-0.15, -0.1) is 0 Å². The van der Waals surface area contributed by atoms with Crippen molar-refractivity contribution < 1.29 is 14.7 Å². The molecule has 5 nitrogen and oxygen atoms in total. The Morgan fingerprint density at radius 1 is 1.44 bits per heavy atom. The lowest BCUT2D eigenvalue weighted by Gasteiger charge is -2.25. The average Bonchev–Trinajstić information content (AvgIpc) is 2.77. The summed E-state index contributed by atoms with van der Waals surface area (Å²) in [4.78, 5) is 24.4. The van der Waals surface area contributed by atoms with E-state index in [-0.39, 0.29) is 12.1 Å². The summed E-state index contributed by atoms with van der Waals surface area (Å²) in [6, 6.07) is -0.806. The molecule has 1 heterocycles. The lowest BCUT2D eigenvalue weighted by molar-refractivity contribution is -0.141. The lowest BCUT2D eigenvalue weighted by atomic mass is 10.0. The predicted molar refractivity (Wildman–Crippen MR) is 69.4 cm³/mol. The van der Waals surface area contributed by atoms with Crippen LogP contribution in [0.15, 0.2) is 0 Å². The minimum Gasteiger partial charge on any atom is -0.480 e. The number of aliphatic carboxylic acids is 1. The fraction of sp³-hybridized carbons (Fsp3) is 0.846. The van der Waals surface area contributed by atoms with Crippen molar-refractivity contribution in [1.29, 1.82) is 0 Å². The third-order valence-electron chi connectivity index (χ3n) is 3.62. The van der Waals surface area contributed by atoms with Gasteiger partial charge in [-0.25, -0.2) is 9.59 Å². The first kappa shape index (κ1) is 14.8. The fourth-order valence-corrected chi connectivity index (χ4v) is 2.39. The zero-order valence-electron chi connectivity index (χ0n) is 11.5. The summed E-state index contributed by atoms with van der Waals surface area (Å²) in [5, 5.41) is 11.9. The highest BCUT2D eigenvalue weighted by molar-refractivity contribution is 5.83. The normalized spacial score (nSPS) is 22.6. The summed E-state index contributed by atoms with van der Waals surface area (Å²) >= 11 is 0. The van der Waals surface area contributed by atoms with Crippen LogP contribution in [0.1, 0.15) is 46.5 Å². The fourth-order valence-electron chi connectivity index (χ4n) is 2.39. The smallest absolute Gasteiger partial charge is 0.326 e. The summed E-state index contributed by atoms with van der Waals surface area (Å²) in [5.74, 6) is -0.341. The SMILES string of the molecule is CCC(C)CC(C)NC(=O)N1CCC[C@H]1C(=O)O. The number of likely N-dealkylation sites (tertiary alicyclic amines) is 1. The van der Waals surface area contributed by atoms with E-state index in [1.807, 2.05) is 6.92 Å². The van der Waals surface area contributed by atoms with Crippen LogP contribution in [0, 0.1) is 5.92 Å². The molecule has 104 valence electrons. The molecule has 2 amide bonds. The van der Waals surface area contributed by atoms with E-state index in [0.717, 1.165) is 19.3 Å². The van der Waals surface area contributed by atoms with Crippen molar-refractivity contribution in [2.24, 2.45) is 5.92 Å². The number of hydrogen-bond donors (Lipinski definition) is 2. The molecule has 2 N–H and O–H groups in total. The number of nitrogens with one attached hydrogen (secondary N) is 1. The number of urea groups is 1. The van der Waals surface area contributed by atoms with Crippen LogP contribution in [0.3, 0.4) is 0 Å². The summed E-state index contributed by atoms with van der Waals surface area (Å²) < 4.78 is 0. The molecule has 5 heteroatoms. The molecular formula is C13H24N2O3. The standard InChI is InChI=1S/C13H24N2O3/c1-4-9(2)8-10(3)14-13(18)15-7-5-6-11(15)12(16)17/h9-11H,4-8H2,1-3H3,(H,14,18)(H,16,17)/t9?,10?,11-/m0/s1. The third kappa shape index (κ3) is 3.89. The molecule has 0 spiro atoms. The first-order chi connectivity index (χ1) is 8.45. The monoisotopic (exact) mass is 256 g/mol. The van der Waals surface area contributed by atoms with Crippen molar-refractivity contribution in [1.82, 2.24) is 10.2 Å². The van der Waals surface area contributed by atoms with Crippen LogP contribution >= 0.6 is 0 Å². The van der Waals surface area contributed by atoms with E-state index in [0.29, 0.717) is 18.9 Å². The van der Waals surface area contributed by atoms with E-state index in [9.17, 15) is 9.59 Å². The van der Waals surface area contributed by atoms with Crippen LogP contribution < -0.4 is 5.32 Å². The van der Waals surface area contributed by atoms with Gasteiger partial charge in [0.25, 0.3) is 0 Å². The second kappa shape index (κ2) is 6.61. The zero-order valence-corrected chi connectivity index (χ0v) is 11.5. The summed E-state index contributed by atoms with van der Waals surface area (Å²) in [5.41, 5.74) is 0. The second-order valence-electron chi connectivity index (χ2n) is 5.29. The van der Waals surface area contributed by atoms with Gasteiger partial charge < -0.3 is 15.3 Å². The first-order valence-corrected chi connectivity index (χ1v) is 6.75. The molecule has 1 fully saturated rings. The van der Waals surface area contributed by atoms with Crippen molar-refractivity contribution in [2.75, 3.05) is 6.54 Å². The second-order valence-corrected chi connectivity index (χ2v) is 5.29. The highest BCUT2D eigenvalue weighted by Crippen LogP contribution is 2.18. The van der Waals surface area contributed by atoms with Crippen molar-refractivity contribution in [3.05, 3.63) is 0 Å². The molecule has 0 bridgehead atoms. The minimum atomic E-state index is -0.905. The van der Waals surface area contributed by atoms with Crippen LogP contribution in [-0.2, 0) is 4.79 Å². The molecule has 2 unspecified atom stereocenters. The van der Waals surface area contributed by atoms with Crippen molar-refractivity contribution in [3.63, 3.8) is 0 Å². The molecule has 1 aliphatic heterocycles. The van der Waals surface area contributed by atoms with Gasteiger partial charge in [0.15, 0.2) is 0 Å². The van der Waals surface area contributed by atoms with Crippen LogP contribution in [-0.4, -0.2) is 40.6 Å². The van der Waals surface area contributed by atoms with Crippen LogP contribution in [0.2, 0.25) is 0 Å². The highest BCUT2D eigenvalue weighted by atomic mass is 16.4. The van der Waals surface area contributed by atoms with Gasteiger partial charge in [-0.05, 0) is 32.1 Å². The summed E-state index contributed by atoms with van der Waals surface area (Å²) in [6.07, 6.45) is 3.34. The molecule has 0 saturated carbocycles. The first-order valence-electron chi connectivity index (χ1n) is 6.75. The van der Waals surface area contributed by atoms with E-state index in [1.54, 1.807) is 0 Å². The topological polar surface area (TPSA) is 69.6 Å². The predicted octanol–water partition coefficient (Wildman–Crippen LogP) is 2.07. The number of nitrogens with zero attached hydrogens (tertiary/aromatic N) is 1. The highest BCUT2D eigenvalue weighted by Gasteiger charge is 2.34. The van der Waals surface area contributed by atoms with Crippen molar-refractivity contribution in [3.8, 4) is 0 Å². The number of amides is 2. The summed E-state index contributed by atoms with van der Waals surface area (Å²) in [7, 11) is 0. The van der Waals surface area contributed by atoms with Gasteiger partial charge in [0.1, 0.15) is 6.04 Å². The average molecular weight is 256 g/mol. The molecule has 0 radical (unpaired) electrons. The quantitative estimate of drug-likeness (QED) is 0.791. The van der Waals surface area contributed by atoms with Gasteiger partial charge in [0.05, 0.1) is 0 Å². The van der Waals surface area contributed by atoms with Gasteiger partial charge >= 0.3 is 12.0 Å². The Morgan fingerprint density at radius 3 is 2.67 bits per heavy atom. The Hall–Kier alpha value is -1.26. The van der Waals surface area contributed by atoms with Crippen LogP contribution in [0.4, 0.5) is 4.79 Å². The molecule has 1 rings (SSSR count). The van der Waals surface area contributed by atoms with Crippen molar-refractivity contribution in [2.45, 2.75) is 58.5 Å². The van der Waals surface area contributed by atoms with Gasteiger partial charge in [-0.2, -0.15) is 0 Å². The maximum atomic E-state index is 12.0. The van der Waals surface area contributed by atoms with Crippen molar-refractivity contribution >= 4 is 12.0 Å². The van der Waals surface area contributed by atoms with E-state index in [2.05, 4.69) is 19.2 Å². The van der Waals surface area contributed by atoms with Crippen LogP contribution in [0.5, 0.6) is 0 Å². The van der Waals surface area contributed by atoms with Gasteiger partial charge in [-0.1, -0.05) is 20.3 Å². The molecule has 1 saturated heterocycles. The molecule has 0 aromatic heterocycles. The minimum absolute atomic E-state index is 0.0856. The summed E-state index contributed by atoms with van der Waals surface area (Å²) in [6.45, 7) is 6.79. The molecule has 0 aromatic carbocycles. The number of carboxylic acid groups (broad SMARTS) is 1. The van der Waals surface area contributed by atoms with Crippen LogP contribution in [0.25, 0.3) is 0 Å². The van der Waals surface area contributed by atoms with Gasteiger partial charge in [-0.3, -0.25) is 0 Å². The number of hydrogen-bond acceptors (Lipinski definition) is 2. The number of carbonyl (C=O) groups excluding carboxylic acids is 1. The Balaban J connectivity index is 2.47. The van der Waals surface area contributed by atoms with Gasteiger partial charge in [0.2, 0.25) is 0 Å². The van der Waals surface area contributed by atoms with E-state index in [1.165, 1.54) is 4.90 Å². The van der Waals surface area contributed by atoms with Gasteiger partial charge in [0, 0.05) is 12.6 Å². The zero-order chi connectivity index (χ0) is 13.7. The maximum absolute atomic E-state index is 12.0. The van der Waals surface area contributed by atoms with E-state index >= 15 is 0 Å². The molecular weight excluding hydrogens is 232 g/mol. The molecule has 1 aliphatic rings. The largest absolute Gasteiger partial charge is 0.480 e. The van der Waals surface area contributed by atoms with E-state index in [4.69, 9.17) is 5.11 Å². The maximum Gasteiger partial charge on any atom is 0.326 e. The number of rotatable bonds is 5. The molecule has 0 aliphatic carbocycles. The lowest BCUT2D eigenvalue weighted by Crippen LogP contribution is -2.48. The van der Waals surface area contributed by atoms with E-state index < -0.39 is 12.0 Å². The number of carbonyl (C=O) groups is 2. The Bertz CT molecular complexity index is 307. The Morgan fingerprint density at radius 2 is 2.11 bits per heavy atom. The Labute approximate surface area is 109 Å². The third-order valence-corrected chi connectivity index (χ3v) is 3.62. The molecule has 18 heavy (non-hydrogen) atoms. The number of carboxylic acids is 1. The Kier molecular flexibility index (Phi) is 5.44. The molecule has 3 atom stereocenters.